The standard InChI is InChI=1S/C16H9ClN2O3/c17-7-1-3-11-9(5-7)13(16(22)19-11)14-15(21)10-6-8(20)2-4-12(10)18-14/h1-6,19-20,22H. The summed E-state index contributed by atoms with van der Waals surface area (Å²) in [5, 5.41) is 20.8. The van der Waals surface area contributed by atoms with E-state index in [2.05, 4.69) is 9.98 Å². The van der Waals surface area contributed by atoms with Crippen LogP contribution in [0.4, 0.5) is 5.69 Å². The van der Waals surface area contributed by atoms with E-state index in [-0.39, 0.29) is 23.1 Å². The van der Waals surface area contributed by atoms with Crippen molar-refractivity contribution in [1.82, 2.24) is 4.98 Å². The van der Waals surface area contributed by atoms with Crippen molar-refractivity contribution in [2.45, 2.75) is 0 Å². The third-order valence-corrected chi connectivity index (χ3v) is 3.88. The molecule has 0 amide bonds. The van der Waals surface area contributed by atoms with Gasteiger partial charge in [0, 0.05) is 15.9 Å². The highest BCUT2D eigenvalue weighted by atomic mass is 35.5. The summed E-state index contributed by atoms with van der Waals surface area (Å²) in [6, 6.07) is 9.47. The lowest BCUT2D eigenvalue weighted by Crippen LogP contribution is -2.10. The first kappa shape index (κ1) is 12.9. The maximum atomic E-state index is 12.5. The number of carbonyl (C=O) groups is 1. The first-order chi connectivity index (χ1) is 10.5. The molecule has 0 fully saturated rings. The summed E-state index contributed by atoms with van der Waals surface area (Å²) in [7, 11) is 0. The van der Waals surface area contributed by atoms with Crippen molar-refractivity contribution in [1.29, 1.82) is 0 Å². The van der Waals surface area contributed by atoms with Crippen molar-refractivity contribution in [2.24, 2.45) is 4.99 Å². The minimum atomic E-state index is -0.345. The number of benzene rings is 2. The number of aromatic amines is 1. The van der Waals surface area contributed by atoms with E-state index in [0.717, 1.165) is 0 Å². The van der Waals surface area contributed by atoms with E-state index in [1.807, 2.05) is 0 Å². The maximum absolute atomic E-state index is 12.5. The van der Waals surface area contributed by atoms with Gasteiger partial charge in [-0.15, -0.1) is 0 Å². The lowest BCUT2D eigenvalue weighted by atomic mass is 10.0. The zero-order chi connectivity index (χ0) is 15.4. The zero-order valence-corrected chi connectivity index (χ0v) is 11.8. The molecule has 0 unspecified atom stereocenters. The van der Waals surface area contributed by atoms with Crippen LogP contribution in [-0.4, -0.2) is 26.7 Å². The number of hydrogen-bond acceptors (Lipinski definition) is 4. The van der Waals surface area contributed by atoms with Crippen LogP contribution < -0.4 is 0 Å². The summed E-state index contributed by atoms with van der Waals surface area (Å²) in [6.45, 7) is 0. The lowest BCUT2D eigenvalue weighted by Gasteiger charge is -1.99. The Morgan fingerprint density at radius 2 is 1.91 bits per heavy atom. The predicted octanol–water partition coefficient (Wildman–Crippen LogP) is 3.55. The number of ketones is 1. The number of aliphatic imine (C=N–C) groups is 1. The van der Waals surface area contributed by atoms with E-state index in [0.29, 0.717) is 32.7 Å². The topological polar surface area (TPSA) is 85.7 Å². The van der Waals surface area contributed by atoms with Crippen LogP contribution in [0.25, 0.3) is 10.9 Å². The van der Waals surface area contributed by atoms with Gasteiger partial charge in [0.2, 0.25) is 5.78 Å². The molecule has 22 heavy (non-hydrogen) atoms. The molecule has 4 rings (SSSR count). The molecule has 1 aliphatic rings. The molecule has 3 N–H and O–H groups in total. The van der Waals surface area contributed by atoms with Crippen molar-refractivity contribution >= 4 is 39.7 Å². The summed E-state index contributed by atoms with van der Waals surface area (Å²) in [5.41, 5.74) is 1.88. The molecule has 0 saturated carbocycles. The number of H-pyrrole nitrogens is 1. The van der Waals surface area contributed by atoms with Crippen LogP contribution in [0.3, 0.4) is 0 Å². The quantitative estimate of drug-likeness (QED) is 0.642. The van der Waals surface area contributed by atoms with E-state index in [9.17, 15) is 15.0 Å². The number of nitrogens with zero attached hydrogens (tertiary/aromatic N) is 1. The number of carbonyl (C=O) groups excluding carboxylic acids is 1. The third-order valence-electron chi connectivity index (χ3n) is 3.65. The molecule has 3 aromatic rings. The highest BCUT2D eigenvalue weighted by molar-refractivity contribution is 6.56. The highest BCUT2D eigenvalue weighted by Crippen LogP contribution is 2.37. The number of rotatable bonds is 1. The molecule has 0 aliphatic carbocycles. The van der Waals surface area contributed by atoms with E-state index in [1.165, 1.54) is 12.1 Å². The molecule has 2 aromatic carbocycles. The number of fused-ring (bicyclic) bond motifs is 2. The van der Waals surface area contributed by atoms with E-state index in [1.54, 1.807) is 24.3 Å². The number of nitrogens with one attached hydrogen (secondary N) is 1. The molecule has 6 heteroatoms. The Bertz CT molecular complexity index is 988. The van der Waals surface area contributed by atoms with Crippen LogP contribution in [0.2, 0.25) is 5.02 Å². The van der Waals surface area contributed by atoms with Gasteiger partial charge in [-0.05, 0) is 36.4 Å². The van der Waals surface area contributed by atoms with Crippen LogP contribution >= 0.6 is 11.6 Å². The Hall–Kier alpha value is -2.79. The molecule has 5 nitrogen and oxygen atoms in total. The largest absolute Gasteiger partial charge is 0.508 e. The fourth-order valence-electron chi connectivity index (χ4n) is 2.66. The van der Waals surface area contributed by atoms with Crippen LogP contribution in [0.5, 0.6) is 11.6 Å². The first-order valence-electron chi connectivity index (χ1n) is 6.51. The van der Waals surface area contributed by atoms with Crippen LogP contribution in [-0.2, 0) is 0 Å². The highest BCUT2D eigenvalue weighted by Gasteiger charge is 2.30. The Morgan fingerprint density at radius 1 is 1.09 bits per heavy atom. The van der Waals surface area contributed by atoms with Crippen LogP contribution in [0.1, 0.15) is 15.9 Å². The number of phenols is 1. The van der Waals surface area contributed by atoms with Gasteiger partial charge in [-0.25, -0.2) is 4.99 Å². The summed E-state index contributed by atoms with van der Waals surface area (Å²) in [6.07, 6.45) is 0. The van der Waals surface area contributed by atoms with E-state index >= 15 is 0 Å². The Labute approximate surface area is 129 Å². The first-order valence-corrected chi connectivity index (χ1v) is 6.89. The predicted molar refractivity (Wildman–Crippen MR) is 83.6 cm³/mol. The molecule has 0 radical (unpaired) electrons. The van der Waals surface area contributed by atoms with Gasteiger partial charge in [0.25, 0.3) is 0 Å². The molecule has 1 aliphatic heterocycles. The smallest absolute Gasteiger partial charge is 0.214 e. The van der Waals surface area contributed by atoms with Crippen molar-refractivity contribution in [3.05, 3.63) is 52.5 Å². The normalized spacial score (nSPS) is 13.5. The van der Waals surface area contributed by atoms with Gasteiger partial charge in [0.05, 0.1) is 16.8 Å². The summed E-state index contributed by atoms with van der Waals surface area (Å²) < 4.78 is 0. The summed E-state index contributed by atoms with van der Waals surface area (Å²) in [5.74, 6) is -0.488. The van der Waals surface area contributed by atoms with E-state index in [4.69, 9.17) is 11.6 Å². The van der Waals surface area contributed by atoms with E-state index < -0.39 is 0 Å². The fraction of sp³-hybridized carbons (Fsp3) is 0. The number of Topliss-reactive ketones (excluding diaryl/α,β-unsaturated/α-hetero) is 1. The minimum absolute atomic E-state index is 0.00487. The number of aromatic hydroxyl groups is 2. The lowest BCUT2D eigenvalue weighted by molar-refractivity contribution is 0.106. The fourth-order valence-corrected chi connectivity index (χ4v) is 2.83. The van der Waals surface area contributed by atoms with Gasteiger partial charge < -0.3 is 15.2 Å². The second-order valence-electron chi connectivity index (χ2n) is 5.03. The molecular formula is C16H9ClN2O3. The number of halogens is 1. The maximum Gasteiger partial charge on any atom is 0.214 e. The number of phenolic OH excluding ortho intramolecular Hbond substituents is 1. The average Bonchev–Trinajstić information content (AvgIpc) is 2.96. The summed E-state index contributed by atoms with van der Waals surface area (Å²) in [4.78, 5) is 19.6. The van der Waals surface area contributed by atoms with Crippen molar-refractivity contribution in [3.8, 4) is 11.6 Å². The van der Waals surface area contributed by atoms with Gasteiger partial charge in [0.1, 0.15) is 11.5 Å². The monoisotopic (exact) mass is 312 g/mol. The van der Waals surface area contributed by atoms with Crippen molar-refractivity contribution in [2.75, 3.05) is 0 Å². The molecule has 0 bridgehead atoms. The summed E-state index contributed by atoms with van der Waals surface area (Å²) >= 11 is 6.00. The van der Waals surface area contributed by atoms with Crippen molar-refractivity contribution < 1.29 is 15.0 Å². The molecule has 0 saturated heterocycles. The Kier molecular flexibility index (Phi) is 2.55. The zero-order valence-electron chi connectivity index (χ0n) is 11.1. The Balaban J connectivity index is 1.96. The van der Waals surface area contributed by atoms with Gasteiger partial charge >= 0.3 is 0 Å². The third kappa shape index (κ3) is 1.72. The van der Waals surface area contributed by atoms with Gasteiger partial charge in [0.15, 0.2) is 5.88 Å². The number of hydrogen-bond donors (Lipinski definition) is 3. The minimum Gasteiger partial charge on any atom is -0.508 e. The van der Waals surface area contributed by atoms with Gasteiger partial charge in [-0.2, -0.15) is 0 Å². The van der Waals surface area contributed by atoms with Crippen LogP contribution in [0, 0.1) is 0 Å². The van der Waals surface area contributed by atoms with Crippen LogP contribution in [0.15, 0.2) is 41.4 Å². The Morgan fingerprint density at radius 3 is 2.73 bits per heavy atom. The van der Waals surface area contributed by atoms with Gasteiger partial charge in [-0.1, -0.05) is 11.6 Å². The second kappa shape index (κ2) is 4.35. The average molecular weight is 313 g/mol. The molecule has 2 heterocycles. The molecule has 0 atom stereocenters. The molecular weight excluding hydrogens is 304 g/mol. The molecule has 1 aromatic heterocycles. The van der Waals surface area contributed by atoms with Gasteiger partial charge in [-0.3, -0.25) is 4.79 Å². The SMILES string of the molecule is O=C1C(c2c(O)[nH]c3ccc(Cl)cc23)=Nc2ccc(O)cc21. The number of aromatic nitrogens is 1. The molecule has 0 spiro atoms. The second-order valence-corrected chi connectivity index (χ2v) is 5.47. The molecule has 108 valence electrons. The van der Waals surface area contributed by atoms with Crippen molar-refractivity contribution in [3.63, 3.8) is 0 Å².